The van der Waals surface area contributed by atoms with E-state index in [-0.39, 0.29) is 5.41 Å². The Bertz CT molecular complexity index is 330. The summed E-state index contributed by atoms with van der Waals surface area (Å²) >= 11 is 1.77. The summed E-state index contributed by atoms with van der Waals surface area (Å²) in [4.78, 5) is 4.70. The van der Waals surface area contributed by atoms with Crippen LogP contribution in [0.15, 0.2) is 5.38 Å². The summed E-state index contributed by atoms with van der Waals surface area (Å²) < 4.78 is 5.16. The zero-order chi connectivity index (χ0) is 12.9. The van der Waals surface area contributed by atoms with Crippen LogP contribution in [-0.4, -0.2) is 31.8 Å². The van der Waals surface area contributed by atoms with Crippen LogP contribution in [0.2, 0.25) is 0 Å². The van der Waals surface area contributed by atoms with Crippen molar-refractivity contribution >= 4 is 11.3 Å². The number of aryl methyl sites for hydroxylation is 1. The molecule has 1 aromatic rings. The molecule has 0 aliphatic rings. The van der Waals surface area contributed by atoms with Gasteiger partial charge in [-0.25, -0.2) is 4.98 Å². The Morgan fingerprint density at radius 1 is 1.47 bits per heavy atom. The normalized spacial score (nSPS) is 13.9. The fourth-order valence-electron chi connectivity index (χ4n) is 1.58. The molecule has 0 fully saturated rings. The Kier molecular flexibility index (Phi) is 5.56. The fourth-order valence-corrected chi connectivity index (χ4v) is 2.62. The maximum absolute atomic E-state index is 5.16. The van der Waals surface area contributed by atoms with Gasteiger partial charge in [-0.1, -0.05) is 20.8 Å². The number of rotatable bonds is 6. The number of hydrogen-bond donors (Lipinski definition) is 1. The minimum absolute atomic E-state index is 0.156. The lowest BCUT2D eigenvalue weighted by Gasteiger charge is -2.15. The first-order chi connectivity index (χ1) is 7.97. The lowest BCUT2D eigenvalue weighted by Crippen LogP contribution is -2.30. The first-order valence-electron chi connectivity index (χ1n) is 6.08. The lowest BCUT2D eigenvalue weighted by atomic mass is 9.93. The highest BCUT2D eigenvalue weighted by Gasteiger charge is 2.17. The number of aromatic nitrogens is 1. The van der Waals surface area contributed by atoms with Crippen LogP contribution in [0.1, 0.15) is 37.9 Å². The van der Waals surface area contributed by atoms with Crippen molar-refractivity contribution in [1.82, 2.24) is 10.3 Å². The van der Waals surface area contributed by atoms with Gasteiger partial charge < -0.3 is 10.1 Å². The van der Waals surface area contributed by atoms with Crippen LogP contribution in [0.25, 0.3) is 0 Å². The van der Waals surface area contributed by atoms with Crippen LogP contribution in [0.4, 0.5) is 0 Å². The SMILES string of the molecule is CNC(CCc1nc(C(C)(C)C)cs1)COC. The summed E-state index contributed by atoms with van der Waals surface area (Å²) in [7, 11) is 3.72. The molecule has 0 amide bonds. The van der Waals surface area contributed by atoms with Gasteiger partial charge in [0, 0.05) is 30.4 Å². The molecule has 1 N–H and O–H groups in total. The standard InChI is InChI=1S/C13H24N2OS/c1-13(2,3)11-9-17-12(15-11)7-6-10(14-4)8-16-5/h9-10,14H,6-8H2,1-5H3. The van der Waals surface area contributed by atoms with E-state index in [0.717, 1.165) is 19.4 Å². The number of methoxy groups -OCH3 is 1. The number of hydrogen-bond acceptors (Lipinski definition) is 4. The quantitative estimate of drug-likeness (QED) is 0.849. The Balaban J connectivity index is 2.49. The Labute approximate surface area is 109 Å². The third-order valence-corrected chi connectivity index (χ3v) is 3.71. The molecule has 0 aliphatic heterocycles. The molecule has 0 saturated heterocycles. The number of thiazole rings is 1. The van der Waals surface area contributed by atoms with E-state index in [2.05, 4.69) is 31.5 Å². The average molecular weight is 256 g/mol. The van der Waals surface area contributed by atoms with E-state index < -0.39 is 0 Å². The highest BCUT2D eigenvalue weighted by molar-refractivity contribution is 7.09. The van der Waals surface area contributed by atoms with Gasteiger partial charge in [0.05, 0.1) is 17.3 Å². The van der Waals surface area contributed by atoms with Gasteiger partial charge in [-0.05, 0) is 13.5 Å². The van der Waals surface area contributed by atoms with Crippen molar-refractivity contribution in [2.24, 2.45) is 0 Å². The molecule has 17 heavy (non-hydrogen) atoms. The molecule has 98 valence electrons. The summed E-state index contributed by atoms with van der Waals surface area (Å²) in [6, 6.07) is 0.419. The zero-order valence-electron chi connectivity index (χ0n) is 11.5. The zero-order valence-corrected chi connectivity index (χ0v) is 12.4. The van der Waals surface area contributed by atoms with Crippen molar-refractivity contribution in [3.05, 3.63) is 16.1 Å². The number of nitrogens with zero attached hydrogens (tertiary/aromatic N) is 1. The molecule has 3 nitrogen and oxygen atoms in total. The molecule has 0 spiro atoms. The van der Waals surface area contributed by atoms with Crippen molar-refractivity contribution in [2.45, 2.75) is 45.1 Å². The van der Waals surface area contributed by atoms with Gasteiger partial charge in [0.2, 0.25) is 0 Å². The van der Waals surface area contributed by atoms with Crippen LogP contribution in [0.3, 0.4) is 0 Å². The summed E-state index contributed by atoms with van der Waals surface area (Å²) in [5.41, 5.74) is 1.36. The van der Waals surface area contributed by atoms with Gasteiger partial charge in [-0.2, -0.15) is 0 Å². The highest BCUT2D eigenvalue weighted by atomic mass is 32.1. The molecule has 0 saturated carbocycles. The molecule has 0 bridgehead atoms. The Morgan fingerprint density at radius 3 is 2.65 bits per heavy atom. The van der Waals surface area contributed by atoms with Gasteiger partial charge in [-0.15, -0.1) is 11.3 Å². The molecule has 0 aliphatic carbocycles. The van der Waals surface area contributed by atoms with Crippen LogP contribution in [-0.2, 0) is 16.6 Å². The molecule has 1 rings (SSSR count). The van der Waals surface area contributed by atoms with Gasteiger partial charge >= 0.3 is 0 Å². The maximum atomic E-state index is 5.16. The van der Waals surface area contributed by atoms with E-state index >= 15 is 0 Å². The van der Waals surface area contributed by atoms with E-state index in [1.54, 1.807) is 18.4 Å². The number of ether oxygens (including phenoxy) is 1. The second-order valence-corrected chi connectivity index (χ2v) is 6.30. The molecular weight excluding hydrogens is 232 g/mol. The van der Waals surface area contributed by atoms with E-state index in [9.17, 15) is 0 Å². The number of nitrogens with one attached hydrogen (secondary N) is 1. The van der Waals surface area contributed by atoms with E-state index in [1.807, 2.05) is 7.05 Å². The third-order valence-electron chi connectivity index (χ3n) is 2.80. The monoisotopic (exact) mass is 256 g/mol. The number of likely N-dealkylation sites (N-methyl/N-ethyl adjacent to an activating group) is 1. The minimum Gasteiger partial charge on any atom is -0.383 e. The predicted molar refractivity (Wildman–Crippen MR) is 73.9 cm³/mol. The molecule has 1 heterocycles. The fraction of sp³-hybridized carbons (Fsp3) is 0.769. The van der Waals surface area contributed by atoms with E-state index in [4.69, 9.17) is 9.72 Å². The highest BCUT2D eigenvalue weighted by Crippen LogP contribution is 2.24. The van der Waals surface area contributed by atoms with Crippen LogP contribution in [0, 0.1) is 0 Å². The first-order valence-corrected chi connectivity index (χ1v) is 6.96. The second kappa shape index (κ2) is 6.47. The minimum atomic E-state index is 0.156. The molecule has 4 heteroatoms. The first kappa shape index (κ1) is 14.6. The topological polar surface area (TPSA) is 34.2 Å². The largest absolute Gasteiger partial charge is 0.383 e. The van der Waals surface area contributed by atoms with Gasteiger partial charge in [0.25, 0.3) is 0 Å². The molecule has 1 aromatic heterocycles. The van der Waals surface area contributed by atoms with Crippen molar-refractivity contribution in [2.75, 3.05) is 20.8 Å². The summed E-state index contributed by atoms with van der Waals surface area (Å²) in [6.07, 6.45) is 2.09. The van der Waals surface area contributed by atoms with Gasteiger partial charge in [-0.3, -0.25) is 0 Å². The molecular formula is C13H24N2OS. The van der Waals surface area contributed by atoms with Gasteiger partial charge in [0.15, 0.2) is 0 Å². The summed E-state index contributed by atoms with van der Waals surface area (Å²) in [6.45, 7) is 7.36. The predicted octanol–water partition coefficient (Wildman–Crippen LogP) is 2.61. The third kappa shape index (κ3) is 4.74. The Morgan fingerprint density at radius 2 is 2.18 bits per heavy atom. The van der Waals surface area contributed by atoms with Crippen LogP contribution < -0.4 is 5.32 Å². The summed E-state index contributed by atoms with van der Waals surface area (Å²) in [5.74, 6) is 0. The maximum Gasteiger partial charge on any atom is 0.0929 e. The summed E-state index contributed by atoms with van der Waals surface area (Å²) in [5, 5.41) is 6.67. The van der Waals surface area contributed by atoms with Gasteiger partial charge in [0.1, 0.15) is 0 Å². The molecule has 0 radical (unpaired) electrons. The van der Waals surface area contributed by atoms with Crippen LogP contribution in [0.5, 0.6) is 0 Å². The van der Waals surface area contributed by atoms with Crippen molar-refractivity contribution < 1.29 is 4.74 Å². The van der Waals surface area contributed by atoms with E-state index in [1.165, 1.54) is 10.7 Å². The van der Waals surface area contributed by atoms with E-state index in [0.29, 0.717) is 6.04 Å². The van der Waals surface area contributed by atoms with Crippen LogP contribution >= 0.6 is 11.3 Å². The Hall–Kier alpha value is -0.450. The molecule has 1 unspecified atom stereocenters. The van der Waals surface area contributed by atoms with Crippen molar-refractivity contribution in [1.29, 1.82) is 0 Å². The van der Waals surface area contributed by atoms with Crippen molar-refractivity contribution in [3.8, 4) is 0 Å². The average Bonchev–Trinajstić information content (AvgIpc) is 2.72. The lowest BCUT2D eigenvalue weighted by molar-refractivity contribution is 0.166. The molecule has 1 atom stereocenters. The molecule has 0 aromatic carbocycles. The smallest absolute Gasteiger partial charge is 0.0929 e. The van der Waals surface area contributed by atoms with Crippen molar-refractivity contribution in [3.63, 3.8) is 0 Å². The second-order valence-electron chi connectivity index (χ2n) is 5.36.